The third-order valence-corrected chi connectivity index (χ3v) is 4.96. The van der Waals surface area contributed by atoms with Crippen molar-refractivity contribution < 1.29 is 14.2 Å². The smallest absolute Gasteiger partial charge is 0.278 e. The largest absolute Gasteiger partial charge is 0.497 e. The molecule has 2 aromatic heterocycles. The zero-order valence-corrected chi connectivity index (χ0v) is 19.2. The fraction of sp³-hybridized carbons (Fsp3) is 0.333. The standard InChI is InChI=1S/C24H26N4O5/c1-13(2)32-19-10-17-18(11-20(19)33-14(3)4)25-24(30)21-22(23(17)29)28(27-26-21)12-15-6-8-16(31-5)9-7-15/h6-11,13-14H,12H2,1-5H3,(H,25,30). The number of benzene rings is 2. The number of ether oxygens (including phenoxy) is 3. The zero-order chi connectivity index (χ0) is 23.7. The first-order valence-electron chi connectivity index (χ1n) is 10.7. The molecule has 0 spiro atoms. The fourth-order valence-corrected chi connectivity index (χ4v) is 3.56. The molecule has 2 heterocycles. The summed E-state index contributed by atoms with van der Waals surface area (Å²) in [6.07, 6.45) is -0.252. The lowest BCUT2D eigenvalue weighted by atomic mass is 10.2. The van der Waals surface area contributed by atoms with Crippen molar-refractivity contribution in [3.63, 3.8) is 0 Å². The van der Waals surface area contributed by atoms with Crippen LogP contribution in [0.3, 0.4) is 0 Å². The third kappa shape index (κ3) is 4.52. The van der Waals surface area contributed by atoms with Crippen LogP contribution in [0, 0.1) is 0 Å². The molecule has 172 valence electrons. The molecule has 33 heavy (non-hydrogen) atoms. The van der Waals surface area contributed by atoms with E-state index < -0.39 is 5.56 Å². The Hall–Kier alpha value is -3.88. The molecular weight excluding hydrogens is 424 g/mol. The van der Waals surface area contributed by atoms with E-state index in [4.69, 9.17) is 14.2 Å². The number of H-pyrrole nitrogens is 1. The molecule has 2 aromatic carbocycles. The Labute approximate surface area is 189 Å². The Balaban J connectivity index is 1.94. The van der Waals surface area contributed by atoms with E-state index >= 15 is 0 Å². The SMILES string of the molecule is COc1ccc(Cn2nnc3c(=O)[nH]c4cc(OC(C)C)c(OC(C)C)cc4c(=O)c32)cc1. The van der Waals surface area contributed by atoms with Crippen LogP contribution < -0.4 is 25.2 Å². The van der Waals surface area contributed by atoms with Gasteiger partial charge in [-0.2, -0.15) is 0 Å². The molecule has 0 radical (unpaired) electrons. The van der Waals surface area contributed by atoms with Crippen LogP contribution in [-0.4, -0.2) is 39.3 Å². The molecule has 0 saturated carbocycles. The van der Waals surface area contributed by atoms with E-state index in [9.17, 15) is 9.59 Å². The molecule has 1 N–H and O–H groups in total. The third-order valence-electron chi connectivity index (χ3n) is 4.96. The van der Waals surface area contributed by atoms with E-state index in [0.717, 1.165) is 11.3 Å². The highest BCUT2D eigenvalue weighted by Gasteiger charge is 2.18. The molecule has 0 fully saturated rings. The average Bonchev–Trinajstić information content (AvgIpc) is 3.14. The molecule has 9 nitrogen and oxygen atoms in total. The number of hydrogen-bond donors (Lipinski definition) is 1. The molecule has 0 saturated heterocycles. The van der Waals surface area contributed by atoms with Crippen molar-refractivity contribution >= 4 is 21.9 Å². The predicted octanol–water partition coefficient (Wildman–Crippen LogP) is 3.26. The van der Waals surface area contributed by atoms with E-state index in [-0.39, 0.29) is 40.6 Å². The van der Waals surface area contributed by atoms with Crippen LogP contribution in [0.5, 0.6) is 17.2 Å². The first-order chi connectivity index (χ1) is 15.8. The number of nitrogens with zero attached hydrogens (tertiary/aromatic N) is 3. The van der Waals surface area contributed by atoms with Gasteiger partial charge in [0, 0.05) is 6.07 Å². The van der Waals surface area contributed by atoms with Crippen molar-refractivity contribution in [2.24, 2.45) is 0 Å². The van der Waals surface area contributed by atoms with Crippen molar-refractivity contribution in [1.29, 1.82) is 0 Å². The number of fused-ring (bicyclic) bond motifs is 2. The van der Waals surface area contributed by atoms with Gasteiger partial charge in [-0.05, 0) is 51.5 Å². The lowest BCUT2D eigenvalue weighted by Crippen LogP contribution is -2.12. The molecule has 9 heteroatoms. The van der Waals surface area contributed by atoms with Crippen LogP contribution in [0.15, 0.2) is 46.0 Å². The Morgan fingerprint density at radius 3 is 2.21 bits per heavy atom. The van der Waals surface area contributed by atoms with Gasteiger partial charge < -0.3 is 19.2 Å². The highest BCUT2D eigenvalue weighted by atomic mass is 16.5. The highest BCUT2D eigenvalue weighted by molar-refractivity contribution is 5.89. The molecule has 4 rings (SSSR count). The van der Waals surface area contributed by atoms with E-state index in [1.807, 2.05) is 52.0 Å². The van der Waals surface area contributed by atoms with Crippen LogP contribution in [0.1, 0.15) is 33.3 Å². The summed E-state index contributed by atoms with van der Waals surface area (Å²) in [5.41, 5.74) is 0.432. The number of rotatable bonds is 7. The van der Waals surface area contributed by atoms with Crippen molar-refractivity contribution in [3.8, 4) is 17.2 Å². The summed E-state index contributed by atoms with van der Waals surface area (Å²) in [5, 5.41) is 8.36. The van der Waals surface area contributed by atoms with Crippen molar-refractivity contribution in [2.45, 2.75) is 46.4 Å². The second-order valence-electron chi connectivity index (χ2n) is 8.25. The van der Waals surface area contributed by atoms with Crippen LogP contribution in [0.2, 0.25) is 0 Å². The first-order valence-corrected chi connectivity index (χ1v) is 10.7. The lowest BCUT2D eigenvalue weighted by molar-refractivity contribution is 0.199. The highest BCUT2D eigenvalue weighted by Crippen LogP contribution is 2.32. The maximum absolute atomic E-state index is 13.6. The van der Waals surface area contributed by atoms with Gasteiger partial charge in [0.2, 0.25) is 5.43 Å². The molecule has 0 aliphatic heterocycles. The Kier molecular flexibility index (Phi) is 6.04. The number of hydrogen-bond acceptors (Lipinski definition) is 7. The summed E-state index contributed by atoms with van der Waals surface area (Å²) in [6, 6.07) is 10.6. The summed E-state index contributed by atoms with van der Waals surface area (Å²) in [6.45, 7) is 7.83. The van der Waals surface area contributed by atoms with Gasteiger partial charge >= 0.3 is 0 Å². The summed E-state index contributed by atoms with van der Waals surface area (Å²) in [7, 11) is 1.59. The Morgan fingerprint density at radius 1 is 0.970 bits per heavy atom. The molecule has 0 unspecified atom stereocenters. The van der Waals surface area contributed by atoms with Gasteiger partial charge in [-0.1, -0.05) is 17.3 Å². The predicted molar refractivity (Wildman–Crippen MR) is 126 cm³/mol. The monoisotopic (exact) mass is 450 g/mol. The van der Waals surface area contributed by atoms with Gasteiger partial charge in [-0.15, -0.1) is 5.10 Å². The topological polar surface area (TPSA) is 108 Å². The van der Waals surface area contributed by atoms with E-state index in [2.05, 4.69) is 15.3 Å². The number of aromatic nitrogens is 4. The van der Waals surface area contributed by atoms with E-state index in [0.29, 0.717) is 17.0 Å². The minimum atomic E-state index is -0.508. The molecule has 0 amide bonds. The molecule has 0 atom stereocenters. The molecular formula is C24H26N4O5. The first kappa shape index (κ1) is 22.3. The Bertz CT molecular complexity index is 1420. The minimum absolute atomic E-state index is 0.0256. The molecule has 4 aromatic rings. The van der Waals surface area contributed by atoms with Crippen LogP contribution in [-0.2, 0) is 6.54 Å². The van der Waals surface area contributed by atoms with Gasteiger partial charge in [0.25, 0.3) is 5.56 Å². The summed E-state index contributed by atoms with van der Waals surface area (Å²) in [4.78, 5) is 29.3. The summed E-state index contributed by atoms with van der Waals surface area (Å²) >= 11 is 0. The second kappa shape index (κ2) is 8.93. The summed E-state index contributed by atoms with van der Waals surface area (Å²) in [5.74, 6) is 1.60. The van der Waals surface area contributed by atoms with Crippen molar-refractivity contribution in [2.75, 3.05) is 7.11 Å². The lowest BCUT2D eigenvalue weighted by Gasteiger charge is -2.17. The molecule has 0 aliphatic carbocycles. The average molecular weight is 450 g/mol. The number of methoxy groups -OCH3 is 1. The second-order valence-corrected chi connectivity index (χ2v) is 8.25. The van der Waals surface area contributed by atoms with Crippen molar-refractivity contribution in [3.05, 3.63) is 62.5 Å². The van der Waals surface area contributed by atoms with Gasteiger partial charge in [-0.25, -0.2) is 4.68 Å². The number of nitrogens with one attached hydrogen (secondary N) is 1. The fourth-order valence-electron chi connectivity index (χ4n) is 3.56. The zero-order valence-electron chi connectivity index (χ0n) is 19.2. The number of aromatic amines is 1. The molecule has 0 bridgehead atoms. The van der Waals surface area contributed by atoms with Gasteiger partial charge in [0.15, 0.2) is 17.0 Å². The van der Waals surface area contributed by atoms with Gasteiger partial charge in [-0.3, -0.25) is 9.59 Å². The van der Waals surface area contributed by atoms with Gasteiger partial charge in [0.1, 0.15) is 11.3 Å². The van der Waals surface area contributed by atoms with Crippen LogP contribution in [0.25, 0.3) is 21.9 Å². The molecule has 0 aliphatic rings. The van der Waals surface area contributed by atoms with E-state index in [1.54, 1.807) is 19.2 Å². The van der Waals surface area contributed by atoms with Crippen LogP contribution in [0.4, 0.5) is 0 Å². The van der Waals surface area contributed by atoms with Crippen molar-refractivity contribution in [1.82, 2.24) is 20.0 Å². The van der Waals surface area contributed by atoms with Gasteiger partial charge in [0.05, 0.1) is 36.8 Å². The van der Waals surface area contributed by atoms with E-state index in [1.165, 1.54) is 4.68 Å². The quantitative estimate of drug-likeness (QED) is 0.460. The maximum Gasteiger partial charge on any atom is 0.278 e. The normalized spacial score (nSPS) is 11.5. The maximum atomic E-state index is 13.6. The Morgan fingerprint density at radius 2 is 1.61 bits per heavy atom. The summed E-state index contributed by atoms with van der Waals surface area (Å²) < 4.78 is 18.4. The van der Waals surface area contributed by atoms with Crippen LogP contribution >= 0.6 is 0 Å². The minimum Gasteiger partial charge on any atom is -0.497 e.